The summed E-state index contributed by atoms with van der Waals surface area (Å²) in [4.78, 5) is 22.0. The van der Waals surface area contributed by atoms with Gasteiger partial charge in [0.05, 0.1) is 5.56 Å². The molecular weight excluding hydrogens is 232 g/mol. The van der Waals surface area contributed by atoms with Gasteiger partial charge in [-0.3, -0.25) is 4.79 Å². The Bertz CT molecular complexity index is 426. The molecule has 98 valence electrons. The molecule has 0 saturated carbocycles. The lowest BCUT2D eigenvalue weighted by Crippen LogP contribution is -2.09. The zero-order chi connectivity index (χ0) is 13.5. The Hall–Kier alpha value is -1.84. The molecule has 0 radical (unpaired) electrons. The third-order valence-corrected chi connectivity index (χ3v) is 2.63. The number of esters is 1. The van der Waals surface area contributed by atoms with Crippen LogP contribution in [0.25, 0.3) is 0 Å². The Labute approximate surface area is 107 Å². The molecule has 1 atom stereocenters. The van der Waals surface area contributed by atoms with Gasteiger partial charge in [-0.1, -0.05) is 25.5 Å². The molecule has 0 saturated heterocycles. The van der Waals surface area contributed by atoms with Crippen LogP contribution >= 0.6 is 0 Å². The highest BCUT2D eigenvalue weighted by Crippen LogP contribution is 2.24. The first kappa shape index (κ1) is 14.2. The third-order valence-electron chi connectivity index (χ3n) is 2.63. The van der Waals surface area contributed by atoms with Crippen molar-refractivity contribution < 1.29 is 19.4 Å². The number of benzene rings is 1. The number of hydrogen-bond donors (Lipinski definition) is 1. The number of aromatic carboxylic acids is 1. The Morgan fingerprint density at radius 2 is 2.11 bits per heavy atom. The van der Waals surface area contributed by atoms with Crippen LogP contribution in [0.15, 0.2) is 24.3 Å². The maximum Gasteiger partial charge on any atom is 0.335 e. The quantitative estimate of drug-likeness (QED) is 0.787. The first-order chi connectivity index (χ1) is 8.54. The van der Waals surface area contributed by atoms with E-state index in [2.05, 4.69) is 6.92 Å². The molecule has 0 bridgehead atoms. The van der Waals surface area contributed by atoms with Crippen molar-refractivity contribution >= 4 is 11.9 Å². The molecule has 1 N–H and O–H groups in total. The van der Waals surface area contributed by atoms with Crippen molar-refractivity contribution in [2.24, 2.45) is 0 Å². The number of carbonyl (C=O) groups excluding carboxylic acids is 1. The molecule has 1 aromatic carbocycles. The zero-order valence-corrected chi connectivity index (χ0v) is 10.7. The van der Waals surface area contributed by atoms with E-state index >= 15 is 0 Å². The molecule has 0 aliphatic carbocycles. The third kappa shape index (κ3) is 4.20. The largest absolute Gasteiger partial charge is 0.478 e. The molecule has 1 rings (SSSR count). The molecule has 0 aliphatic rings. The second-order valence-corrected chi connectivity index (χ2v) is 4.17. The summed E-state index contributed by atoms with van der Waals surface area (Å²) in [6, 6.07) is 6.54. The summed E-state index contributed by atoms with van der Waals surface area (Å²) < 4.78 is 5.24. The molecule has 4 nitrogen and oxygen atoms in total. The lowest BCUT2D eigenvalue weighted by atomic mass is 10.0. The van der Waals surface area contributed by atoms with Crippen LogP contribution < -0.4 is 0 Å². The molecule has 0 amide bonds. The lowest BCUT2D eigenvalue weighted by Gasteiger charge is -2.17. The minimum absolute atomic E-state index is 0.209. The number of rotatable bonds is 6. The van der Waals surface area contributed by atoms with Crippen LogP contribution in [-0.4, -0.2) is 17.0 Å². The van der Waals surface area contributed by atoms with Gasteiger partial charge in [0.15, 0.2) is 0 Å². The van der Waals surface area contributed by atoms with Crippen LogP contribution in [0.4, 0.5) is 0 Å². The number of carboxylic acid groups (broad SMARTS) is 1. The Morgan fingerprint density at radius 1 is 1.39 bits per heavy atom. The summed E-state index contributed by atoms with van der Waals surface area (Å²) in [6.07, 6.45) is 2.27. The van der Waals surface area contributed by atoms with Crippen LogP contribution in [-0.2, 0) is 9.53 Å². The predicted molar refractivity (Wildman–Crippen MR) is 67.4 cm³/mol. The van der Waals surface area contributed by atoms with E-state index in [4.69, 9.17) is 9.84 Å². The van der Waals surface area contributed by atoms with Gasteiger partial charge < -0.3 is 9.84 Å². The molecule has 4 heteroatoms. The van der Waals surface area contributed by atoms with E-state index in [1.165, 1.54) is 13.0 Å². The van der Waals surface area contributed by atoms with E-state index < -0.39 is 5.97 Å². The van der Waals surface area contributed by atoms with Gasteiger partial charge in [0.1, 0.15) is 6.10 Å². The Balaban J connectivity index is 2.92. The molecule has 1 aromatic rings. The Morgan fingerprint density at radius 3 is 2.67 bits per heavy atom. The van der Waals surface area contributed by atoms with Crippen molar-refractivity contribution in [3.63, 3.8) is 0 Å². The molecule has 0 spiro atoms. The van der Waals surface area contributed by atoms with Gasteiger partial charge in [0.25, 0.3) is 0 Å². The van der Waals surface area contributed by atoms with Gasteiger partial charge in [-0.05, 0) is 30.5 Å². The smallest absolute Gasteiger partial charge is 0.335 e. The van der Waals surface area contributed by atoms with Crippen LogP contribution in [0.2, 0.25) is 0 Å². The summed E-state index contributed by atoms with van der Waals surface area (Å²) in [5.41, 5.74) is 0.944. The fourth-order valence-corrected chi connectivity index (χ4v) is 1.76. The lowest BCUT2D eigenvalue weighted by molar-refractivity contribution is -0.147. The maximum absolute atomic E-state index is 11.1. The van der Waals surface area contributed by atoms with Crippen molar-refractivity contribution in [1.82, 2.24) is 0 Å². The second kappa shape index (κ2) is 6.79. The summed E-state index contributed by atoms with van der Waals surface area (Å²) in [6.45, 7) is 3.42. The highest BCUT2D eigenvalue weighted by Gasteiger charge is 2.15. The average Bonchev–Trinajstić information content (AvgIpc) is 2.34. The number of ether oxygens (including phenoxy) is 1. The summed E-state index contributed by atoms with van der Waals surface area (Å²) in [7, 11) is 0. The van der Waals surface area contributed by atoms with Gasteiger partial charge in [-0.15, -0.1) is 0 Å². The van der Waals surface area contributed by atoms with Gasteiger partial charge >= 0.3 is 11.9 Å². The van der Waals surface area contributed by atoms with Crippen molar-refractivity contribution in [3.8, 4) is 0 Å². The number of unbranched alkanes of at least 4 members (excludes halogenated alkanes) is 1. The molecule has 0 aromatic heterocycles. The van der Waals surface area contributed by atoms with E-state index in [0.717, 1.165) is 18.4 Å². The highest BCUT2D eigenvalue weighted by molar-refractivity contribution is 5.87. The maximum atomic E-state index is 11.1. The van der Waals surface area contributed by atoms with E-state index in [9.17, 15) is 9.59 Å². The first-order valence-electron chi connectivity index (χ1n) is 6.05. The second-order valence-electron chi connectivity index (χ2n) is 4.17. The van der Waals surface area contributed by atoms with E-state index in [-0.39, 0.29) is 17.6 Å². The van der Waals surface area contributed by atoms with E-state index in [0.29, 0.717) is 6.42 Å². The fraction of sp³-hybridized carbons (Fsp3) is 0.429. The minimum Gasteiger partial charge on any atom is -0.478 e. The molecule has 0 fully saturated rings. The summed E-state index contributed by atoms with van der Waals surface area (Å²) >= 11 is 0. The summed E-state index contributed by atoms with van der Waals surface area (Å²) in [5.74, 6) is -1.33. The molecular formula is C14H18O4. The molecule has 0 aliphatic heterocycles. The minimum atomic E-state index is -0.978. The van der Waals surface area contributed by atoms with Crippen molar-refractivity contribution in [1.29, 1.82) is 0 Å². The fourth-order valence-electron chi connectivity index (χ4n) is 1.76. The van der Waals surface area contributed by atoms with Crippen LogP contribution in [0.3, 0.4) is 0 Å². The number of carboxylic acids is 1. The molecule has 1 unspecified atom stereocenters. The highest BCUT2D eigenvalue weighted by atomic mass is 16.5. The average molecular weight is 250 g/mol. The standard InChI is InChI=1S/C14H18O4/c1-3-4-8-13(18-10(2)15)11-6-5-7-12(9-11)14(16)17/h5-7,9,13H,3-4,8H2,1-2H3,(H,16,17). The monoisotopic (exact) mass is 250 g/mol. The van der Waals surface area contributed by atoms with Crippen LogP contribution in [0.5, 0.6) is 0 Å². The molecule has 0 heterocycles. The SMILES string of the molecule is CCCCC(OC(C)=O)c1cccc(C(=O)O)c1. The number of carbonyl (C=O) groups is 2. The summed E-state index contributed by atoms with van der Waals surface area (Å²) in [5, 5.41) is 8.94. The Kier molecular flexibility index (Phi) is 5.36. The van der Waals surface area contributed by atoms with Gasteiger partial charge in [0.2, 0.25) is 0 Å². The molecule has 18 heavy (non-hydrogen) atoms. The van der Waals surface area contributed by atoms with Crippen molar-refractivity contribution in [3.05, 3.63) is 35.4 Å². The number of hydrogen-bond acceptors (Lipinski definition) is 3. The normalized spacial score (nSPS) is 11.9. The van der Waals surface area contributed by atoms with Gasteiger partial charge in [-0.2, -0.15) is 0 Å². The van der Waals surface area contributed by atoms with Crippen LogP contribution in [0, 0.1) is 0 Å². The van der Waals surface area contributed by atoms with E-state index in [1.807, 2.05) is 0 Å². The van der Waals surface area contributed by atoms with E-state index in [1.54, 1.807) is 18.2 Å². The van der Waals surface area contributed by atoms with Crippen LogP contribution in [0.1, 0.15) is 55.1 Å². The van der Waals surface area contributed by atoms with Gasteiger partial charge in [0, 0.05) is 6.92 Å². The zero-order valence-electron chi connectivity index (χ0n) is 10.7. The van der Waals surface area contributed by atoms with Gasteiger partial charge in [-0.25, -0.2) is 4.79 Å². The topological polar surface area (TPSA) is 63.6 Å². The predicted octanol–water partition coefficient (Wildman–Crippen LogP) is 3.18. The first-order valence-corrected chi connectivity index (χ1v) is 6.05. The van der Waals surface area contributed by atoms with Crippen molar-refractivity contribution in [2.75, 3.05) is 0 Å². The van der Waals surface area contributed by atoms with Crippen molar-refractivity contribution in [2.45, 2.75) is 39.2 Å².